The molecule has 6 heteroatoms. The first-order valence-electron chi connectivity index (χ1n) is 7.67. The van der Waals surface area contributed by atoms with Crippen molar-refractivity contribution in [3.05, 3.63) is 81.9 Å². The van der Waals surface area contributed by atoms with Crippen molar-refractivity contribution in [1.82, 2.24) is 4.98 Å². The second-order valence-electron chi connectivity index (χ2n) is 5.43. The second-order valence-corrected chi connectivity index (χ2v) is 5.43. The largest absolute Gasteiger partial charge is 0.465 e. The third kappa shape index (κ3) is 2.98. The zero-order chi connectivity index (χ0) is 18.7. The van der Waals surface area contributed by atoms with Crippen LogP contribution >= 0.6 is 0 Å². The number of nitrogens with one attached hydrogen (secondary N) is 1. The number of aromatic amines is 1. The van der Waals surface area contributed by atoms with E-state index >= 15 is 0 Å². The van der Waals surface area contributed by atoms with E-state index in [2.05, 4.69) is 4.98 Å². The Morgan fingerprint density at radius 3 is 2.54 bits per heavy atom. The standard InChI is InChI=1S/C20H13FN2O3/c1-26-20(25)15-10-14(12-6-3-2-4-7-12)19(24)23-18(15)17-13(11-22)8-5-9-16(17)21/h2-10H,1H3,(H,23,24). The van der Waals surface area contributed by atoms with Gasteiger partial charge in [0, 0.05) is 5.56 Å². The van der Waals surface area contributed by atoms with Gasteiger partial charge in [0.2, 0.25) is 0 Å². The number of aromatic nitrogens is 1. The van der Waals surface area contributed by atoms with E-state index in [9.17, 15) is 19.2 Å². The van der Waals surface area contributed by atoms with E-state index in [1.165, 1.54) is 25.3 Å². The van der Waals surface area contributed by atoms with Crippen LogP contribution in [0.2, 0.25) is 0 Å². The molecule has 3 rings (SSSR count). The summed E-state index contributed by atoms with van der Waals surface area (Å²) in [5, 5.41) is 9.27. The average molecular weight is 348 g/mol. The van der Waals surface area contributed by atoms with Gasteiger partial charge in [0.05, 0.1) is 35.6 Å². The van der Waals surface area contributed by atoms with E-state index in [1.54, 1.807) is 30.3 Å². The van der Waals surface area contributed by atoms with Crippen LogP contribution in [0, 0.1) is 17.1 Å². The zero-order valence-electron chi connectivity index (χ0n) is 13.7. The van der Waals surface area contributed by atoms with Gasteiger partial charge < -0.3 is 9.72 Å². The van der Waals surface area contributed by atoms with Gasteiger partial charge >= 0.3 is 5.97 Å². The quantitative estimate of drug-likeness (QED) is 0.734. The minimum atomic E-state index is -0.749. The van der Waals surface area contributed by atoms with Gasteiger partial charge in [-0.2, -0.15) is 5.26 Å². The van der Waals surface area contributed by atoms with Crippen molar-refractivity contribution in [3.63, 3.8) is 0 Å². The summed E-state index contributed by atoms with van der Waals surface area (Å²) in [4.78, 5) is 27.4. The number of methoxy groups -OCH3 is 1. The Hall–Kier alpha value is -3.72. The van der Waals surface area contributed by atoms with Crippen molar-refractivity contribution in [2.45, 2.75) is 0 Å². The molecule has 0 amide bonds. The maximum atomic E-state index is 14.4. The lowest BCUT2D eigenvalue weighted by atomic mass is 9.97. The molecule has 1 N–H and O–H groups in total. The number of nitrogens with zero attached hydrogens (tertiary/aromatic N) is 1. The summed E-state index contributed by atoms with van der Waals surface area (Å²) in [7, 11) is 1.19. The maximum Gasteiger partial charge on any atom is 0.340 e. The van der Waals surface area contributed by atoms with E-state index in [0.717, 1.165) is 6.07 Å². The van der Waals surface area contributed by atoms with Gasteiger partial charge in [0.15, 0.2) is 0 Å². The monoisotopic (exact) mass is 348 g/mol. The van der Waals surface area contributed by atoms with E-state index in [-0.39, 0.29) is 27.9 Å². The molecule has 3 aromatic rings. The number of H-pyrrole nitrogens is 1. The van der Waals surface area contributed by atoms with Crippen LogP contribution in [0.15, 0.2) is 59.4 Å². The summed E-state index contributed by atoms with van der Waals surface area (Å²) >= 11 is 0. The number of ether oxygens (including phenoxy) is 1. The topological polar surface area (TPSA) is 83.0 Å². The molecule has 1 heterocycles. The fraction of sp³-hybridized carbons (Fsp3) is 0.0500. The first-order chi connectivity index (χ1) is 12.6. The molecule has 0 fully saturated rings. The third-order valence-corrected chi connectivity index (χ3v) is 3.92. The molecule has 2 aromatic carbocycles. The Morgan fingerprint density at radius 1 is 1.15 bits per heavy atom. The minimum Gasteiger partial charge on any atom is -0.465 e. The van der Waals surface area contributed by atoms with Crippen molar-refractivity contribution >= 4 is 5.97 Å². The molecule has 1 aromatic heterocycles. The van der Waals surface area contributed by atoms with Gasteiger partial charge in [0.1, 0.15) is 5.82 Å². The maximum absolute atomic E-state index is 14.4. The predicted molar refractivity (Wildman–Crippen MR) is 93.9 cm³/mol. The highest BCUT2D eigenvalue weighted by atomic mass is 19.1. The van der Waals surface area contributed by atoms with Crippen LogP contribution < -0.4 is 5.56 Å². The van der Waals surface area contributed by atoms with Crippen LogP contribution in [0.5, 0.6) is 0 Å². The lowest BCUT2D eigenvalue weighted by Gasteiger charge is -2.12. The average Bonchev–Trinajstić information content (AvgIpc) is 2.67. The molecule has 0 unspecified atom stereocenters. The first-order valence-corrected chi connectivity index (χ1v) is 7.67. The molecule has 0 bridgehead atoms. The number of benzene rings is 2. The van der Waals surface area contributed by atoms with Crippen LogP contribution in [-0.2, 0) is 4.74 Å². The van der Waals surface area contributed by atoms with E-state index in [1.807, 2.05) is 6.07 Å². The van der Waals surface area contributed by atoms with Gasteiger partial charge in [0.25, 0.3) is 5.56 Å². The molecule has 0 radical (unpaired) electrons. The Morgan fingerprint density at radius 2 is 1.88 bits per heavy atom. The van der Waals surface area contributed by atoms with E-state index < -0.39 is 17.3 Å². The number of pyridine rings is 1. The molecule has 0 saturated heterocycles. The second kappa shape index (κ2) is 7.03. The molecular weight excluding hydrogens is 335 g/mol. The van der Waals surface area contributed by atoms with Crippen molar-refractivity contribution in [3.8, 4) is 28.5 Å². The Balaban J connectivity index is 2.35. The van der Waals surface area contributed by atoms with Crippen LogP contribution in [-0.4, -0.2) is 18.1 Å². The van der Waals surface area contributed by atoms with Crippen molar-refractivity contribution in [2.24, 2.45) is 0 Å². The van der Waals surface area contributed by atoms with Crippen LogP contribution in [0.1, 0.15) is 15.9 Å². The third-order valence-electron chi connectivity index (χ3n) is 3.92. The van der Waals surface area contributed by atoms with E-state index in [0.29, 0.717) is 5.56 Å². The summed E-state index contributed by atoms with van der Waals surface area (Å²) in [6.45, 7) is 0. The van der Waals surface area contributed by atoms with Crippen LogP contribution in [0.4, 0.5) is 4.39 Å². The number of nitriles is 1. The lowest BCUT2D eigenvalue weighted by Crippen LogP contribution is -2.16. The molecule has 0 aliphatic heterocycles. The van der Waals surface area contributed by atoms with Crippen molar-refractivity contribution < 1.29 is 13.9 Å². The summed E-state index contributed by atoms with van der Waals surface area (Å²) in [6, 6.07) is 15.9. The molecule has 128 valence electrons. The van der Waals surface area contributed by atoms with Crippen molar-refractivity contribution in [1.29, 1.82) is 5.26 Å². The summed E-state index contributed by atoms with van der Waals surface area (Å²) in [5.41, 5.74) is 0.0594. The highest BCUT2D eigenvalue weighted by Crippen LogP contribution is 2.29. The molecule has 0 aliphatic rings. The number of hydrogen-bond acceptors (Lipinski definition) is 4. The minimum absolute atomic E-state index is 0.00161. The number of rotatable bonds is 3. The molecular formula is C20H13FN2O3. The number of carbonyl (C=O) groups excluding carboxylic acids is 1. The molecule has 26 heavy (non-hydrogen) atoms. The number of carbonyl (C=O) groups is 1. The van der Waals surface area contributed by atoms with Crippen LogP contribution in [0.25, 0.3) is 22.4 Å². The van der Waals surface area contributed by atoms with Gasteiger partial charge in [-0.15, -0.1) is 0 Å². The number of hydrogen-bond donors (Lipinski definition) is 1. The molecule has 0 spiro atoms. The van der Waals surface area contributed by atoms with Gasteiger partial charge in [-0.1, -0.05) is 36.4 Å². The van der Waals surface area contributed by atoms with Gasteiger partial charge in [-0.05, 0) is 23.8 Å². The highest BCUT2D eigenvalue weighted by molar-refractivity contribution is 5.98. The zero-order valence-corrected chi connectivity index (χ0v) is 13.7. The smallest absolute Gasteiger partial charge is 0.340 e. The fourth-order valence-electron chi connectivity index (χ4n) is 2.70. The summed E-state index contributed by atoms with van der Waals surface area (Å²) in [5.74, 6) is -1.47. The molecule has 0 atom stereocenters. The Labute approximate surface area is 148 Å². The molecule has 0 aliphatic carbocycles. The highest BCUT2D eigenvalue weighted by Gasteiger charge is 2.22. The van der Waals surface area contributed by atoms with Gasteiger partial charge in [-0.25, -0.2) is 9.18 Å². The van der Waals surface area contributed by atoms with Gasteiger partial charge in [-0.3, -0.25) is 4.79 Å². The number of halogens is 1. The first kappa shape index (κ1) is 17.1. The molecule has 0 saturated carbocycles. The predicted octanol–water partition coefficient (Wildman–Crippen LogP) is 3.51. The summed E-state index contributed by atoms with van der Waals surface area (Å²) in [6.07, 6.45) is 0. The lowest BCUT2D eigenvalue weighted by molar-refractivity contribution is 0.0601. The van der Waals surface area contributed by atoms with Crippen molar-refractivity contribution in [2.75, 3.05) is 7.11 Å². The SMILES string of the molecule is COC(=O)c1cc(-c2ccccc2)c(=O)[nH]c1-c1c(F)cccc1C#N. The number of esters is 1. The Bertz CT molecular complexity index is 1080. The fourth-order valence-corrected chi connectivity index (χ4v) is 2.70. The Kier molecular flexibility index (Phi) is 4.63. The van der Waals surface area contributed by atoms with E-state index in [4.69, 9.17) is 4.74 Å². The normalized spacial score (nSPS) is 10.2. The molecule has 5 nitrogen and oxygen atoms in total. The summed E-state index contributed by atoms with van der Waals surface area (Å²) < 4.78 is 19.2. The van der Waals surface area contributed by atoms with Crippen LogP contribution in [0.3, 0.4) is 0 Å².